The molecule has 2 heterocycles. The first-order valence-electron chi connectivity index (χ1n) is 7.61. The van der Waals surface area contributed by atoms with E-state index in [1.54, 1.807) is 38.2 Å². The van der Waals surface area contributed by atoms with Crippen molar-refractivity contribution in [2.75, 3.05) is 5.32 Å². The Hall–Kier alpha value is -3.15. The molecule has 0 spiro atoms. The highest BCUT2D eigenvalue weighted by Gasteiger charge is 2.19. The SMILES string of the molecule is CC(C)C(=O)Oc1c(Nc2ccccc2)nc2ccccn2c1=O. The minimum absolute atomic E-state index is 0.110. The van der Waals surface area contributed by atoms with Crippen LogP contribution in [0.5, 0.6) is 5.75 Å². The Morgan fingerprint density at radius 1 is 1.12 bits per heavy atom. The van der Waals surface area contributed by atoms with Gasteiger partial charge in [-0.2, -0.15) is 0 Å². The van der Waals surface area contributed by atoms with Crippen molar-refractivity contribution in [3.05, 3.63) is 65.1 Å². The van der Waals surface area contributed by atoms with Crippen molar-refractivity contribution in [3.63, 3.8) is 0 Å². The average molecular weight is 323 g/mol. The van der Waals surface area contributed by atoms with E-state index in [1.165, 1.54) is 4.40 Å². The lowest BCUT2D eigenvalue weighted by Crippen LogP contribution is -2.24. The molecule has 0 bridgehead atoms. The molecule has 1 N–H and O–H groups in total. The summed E-state index contributed by atoms with van der Waals surface area (Å²) in [5.74, 6) is -0.737. The van der Waals surface area contributed by atoms with Crippen LogP contribution in [0, 0.1) is 5.92 Å². The molecule has 0 atom stereocenters. The van der Waals surface area contributed by atoms with Crippen LogP contribution < -0.4 is 15.6 Å². The first kappa shape index (κ1) is 15.7. The number of hydrogen-bond acceptors (Lipinski definition) is 5. The Balaban J connectivity index is 2.14. The van der Waals surface area contributed by atoms with Gasteiger partial charge in [-0.15, -0.1) is 0 Å². The highest BCUT2D eigenvalue weighted by molar-refractivity contribution is 5.77. The Labute approximate surface area is 138 Å². The van der Waals surface area contributed by atoms with Crippen LogP contribution in [-0.2, 0) is 4.79 Å². The van der Waals surface area contributed by atoms with Gasteiger partial charge in [0, 0.05) is 11.9 Å². The molecule has 6 heteroatoms. The van der Waals surface area contributed by atoms with Gasteiger partial charge in [0.25, 0.3) is 0 Å². The smallest absolute Gasteiger partial charge is 0.314 e. The third-order valence-electron chi connectivity index (χ3n) is 3.40. The number of ether oxygens (including phenoxy) is 1. The minimum atomic E-state index is -0.485. The third kappa shape index (κ3) is 3.12. The van der Waals surface area contributed by atoms with Gasteiger partial charge in [-0.25, -0.2) is 4.98 Å². The molecule has 0 radical (unpaired) electrons. The number of hydrogen-bond donors (Lipinski definition) is 1. The number of carbonyl (C=O) groups is 1. The standard InChI is InChI=1S/C18H17N3O3/c1-12(2)18(23)24-15-16(19-13-8-4-3-5-9-13)20-14-10-6-7-11-21(14)17(15)22/h3-12,19H,1-2H3. The molecule has 0 aliphatic rings. The lowest BCUT2D eigenvalue weighted by Gasteiger charge is -2.13. The van der Waals surface area contributed by atoms with Gasteiger partial charge < -0.3 is 10.1 Å². The molecule has 0 saturated heterocycles. The van der Waals surface area contributed by atoms with Gasteiger partial charge in [-0.3, -0.25) is 14.0 Å². The number of nitrogens with zero attached hydrogens (tertiary/aromatic N) is 2. The number of rotatable bonds is 4. The summed E-state index contributed by atoms with van der Waals surface area (Å²) in [5, 5.41) is 3.05. The highest BCUT2D eigenvalue weighted by Crippen LogP contribution is 2.23. The molecule has 0 aliphatic heterocycles. The molecule has 0 aliphatic carbocycles. The molecule has 6 nitrogen and oxygen atoms in total. The molecule has 3 rings (SSSR count). The van der Waals surface area contributed by atoms with E-state index in [4.69, 9.17) is 4.74 Å². The van der Waals surface area contributed by atoms with E-state index in [1.807, 2.05) is 30.3 Å². The van der Waals surface area contributed by atoms with Crippen molar-refractivity contribution < 1.29 is 9.53 Å². The molecule has 24 heavy (non-hydrogen) atoms. The molecule has 2 aromatic heterocycles. The second-order valence-electron chi connectivity index (χ2n) is 5.59. The van der Waals surface area contributed by atoms with E-state index < -0.39 is 11.5 Å². The van der Waals surface area contributed by atoms with Gasteiger partial charge >= 0.3 is 11.5 Å². The fourth-order valence-electron chi connectivity index (χ4n) is 2.13. The topological polar surface area (TPSA) is 72.7 Å². The summed E-state index contributed by atoms with van der Waals surface area (Å²) in [4.78, 5) is 29.1. The quantitative estimate of drug-likeness (QED) is 0.747. The van der Waals surface area contributed by atoms with Crippen LogP contribution in [0.2, 0.25) is 0 Å². The molecule has 0 saturated carbocycles. The van der Waals surface area contributed by atoms with Gasteiger partial charge in [0.1, 0.15) is 5.65 Å². The zero-order chi connectivity index (χ0) is 17.1. The zero-order valence-corrected chi connectivity index (χ0v) is 13.4. The normalized spacial score (nSPS) is 10.8. The Morgan fingerprint density at radius 2 is 1.83 bits per heavy atom. The second-order valence-corrected chi connectivity index (χ2v) is 5.59. The van der Waals surface area contributed by atoms with Crippen molar-refractivity contribution in [2.45, 2.75) is 13.8 Å². The van der Waals surface area contributed by atoms with E-state index in [9.17, 15) is 9.59 Å². The van der Waals surface area contributed by atoms with E-state index in [0.717, 1.165) is 5.69 Å². The Morgan fingerprint density at radius 3 is 2.54 bits per heavy atom. The third-order valence-corrected chi connectivity index (χ3v) is 3.40. The first-order chi connectivity index (χ1) is 11.6. The molecule has 3 aromatic rings. The Kier molecular flexibility index (Phi) is 4.29. The van der Waals surface area contributed by atoms with Crippen molar-refractivity contribution in [3.8, 4) is 5.75 Å². The molecule has 0 unspecified atom stereocenters. The van der Waals surface area contributed by atoms with E-state index in [-0.39, 0.29) is 17.5 Å². The predicted molar refractivity (Wildman–Crippen MR) is 91.7 cm³/mol. The predicted octanol–water partition coefficient (Wildman–Crippen LogP) is 3.00. The summed E-state index contributed by atoms with van der Waals surface area (Å²) >= 11 is 0. The summed E-state index contributed by atoms with van der Waals surface area (Å²) in [6.07, 6.45) is 1.59. The zero-order valence-electron chi connectivity index (χ0n) is 13.4. The van der Waals surface area contributed by atoms with Crippen molar-refractivity contribution in [1.29, 1.82) is 0 Å². The summed E-state index contributed by atoms with van der Waals surface area (Å²) in [6.45, 7) is 3.41. The van der Waals surface area contributed by atoms with Crippen LogP contribution in [-0.4, -0.2) is 15.4 Å². The van der Waals surface area contributed by atoms with Crippen LogP contribution >= 0.6 is 0 Å². The molecule has 122 valence electrons. The van der Waals surface area contributed by atoms with E-state index >= 15 is 0 Å². The second kappa shape index (κ2) is 6.54. The van der Waals surface area contributed by atoms with Crippen LogP contribution in [0.1, 0.15) is 13.8 Å². The number of benzene rings is 1. The summed E-state index contributed by atoms with van der Waals surface area (Å²) in [7, 11) is 0. The highest BCUT2D eigenvalue weighted by atomic mass is 16.5. The lowest BCUT2D eigenvalue weighted by atomic mass is 10.2. The van der Waals surface area contributed by atoms with Crippen molar-refractivity contribution in [1.82, 2.24) is 9.38 Å². The summed E-state index contributed by atoms with van der Waals surface area (Å²) in [5.41, 5.74) is 0.768. The fourth-order valence-corrected chi connectivity index (χ4v) is 2.13. The van der Waals surface area contributed by atoms with Crippen LogP contribution in [0.3, 0.4) is 0 Å². The summed E-state index contributed by atoms with van der Waals surface area (Å²) in [6, 6.07) is 14.5. The average Bonchev–Trinajstić information content (AvgIpc) is 2.59. The number of nitrogens with one attached hydrogen (secondary N) is 1. The monoisotopic (exact) mass is 323 g/mol. The maximum Gasteiger partial charge on any atom is 0.314 e. The molecule has 0 amide bonds. The number of carbonyl (C=O) groups excluding carboxylic acids is 1. The number of anilines is 2. The van der Waals surface area contributed by atoms with Crippen LogP contribution in [0.4, 0.5) is 11.5 Å². The van der Waals surface area contributed by atoms with Gasteiger partial charge in [0.15, 0.2) is 5.82 Å². The minimum Gasteiger partial charge on any atom is -0.416 e. The maximum atomic E-state index is 12.7. The number of aromatic nitrogens is 2. The number of esters is 1. The number of pyridine rings is 1. The molecular formula is C18H17N3O3. The van der Waals surface area contributed by atoms with Gasteiger partial charge in [-0.05, 0) is 24.3 Å². The van der Waals surface area contributed by atoms with Gasteiger partial charge in [0.05, 0.1) is 5.92 Å². The van der Waals surface area contributed by atoms with Crippen molar-refractivity contribution >= 4 is 23.1 Å². The largest absolute Gasteiger partial charge is 0.416 e. The molecule has 1 aromatic carbocycles. The fraction of sp³-hybridized carbons (Fsp3) is 0.167. The van der Waals surface area contributed by atoms with Gasteiger partial charge in [-0.1, -0.05) is 38.1 Å². The van der Waals surface area contributed by atoms with Gasteiger partial charge in [0.2, 0.25) is 5.75 Å². The van der Waals surface area contributed by atoms with Crippen molar-refractivity contribution in [2.24, 2.45) is 5.92 Å². The van der Waals surface area contributed by atoms with Crippen LogP contribution in [0.25, 0.3) is 5.65 Å². The summed E-state index contributed by atoms with van der Waals surface area (Å²) < 4.78 is 6.67. The molecule has 0 fully saturated rings. The first-order valence-corrected chi connectivity index (χ1v) is 7.61. The lowest BCUT2D eigenvalue weighted by molar-refractivity contribution is -0.137. The van der Waals surface area contributed by atoms with E-state index in [0.29, 0.717) is 5.65 Å². The number of fused-ring (bicyclic) bond motifs is 1. The number of para-hydroxylation sites is 1. The molecular weight excluding hydrogens is 306 g/mol. The van der Waals surface area contributed by atoms with Crippen LogP contribution in [0.15, 0.2) is 59.5 Å². The Bertz CT molecular complexity index is 933. The van der Waals surface area contributed by atoms with E-state index in [2.05, 4.69) is 10.3 Å². The maximum absolute atomic E-state index is 12.7.